The van der Waals surface area contributed by atoms with Gasteiger partial charge < -0.3 is 20.2 Å². The second kappa shape index (κ2) is 6.53. The highest BCUT2D eigenvalue weighted by atomic mass is 16.4. The van der Waals surface area contributed by atoms with E-state index < -0.39 is 5.97 Å². The van der Waals surface area contributed by atoms with Gasteiger partial charge in [0.2, 0.25) is 0 Å². The number of urea groups is 1. The molecule has 1 saturated heterocycles. The van der Waals surface area contributed by atoms with Crippen LogP contribution < -0.4 is 5.32 Å². The number of carbonyl (C=O) groups excluding carboxylic acids is 1. The van der Waals surface area contributed by atoms with Gasteiger partial charge in [0.05, 0.1) is 24.0 Å². The molecule has 1 atom stereocenters. The lowest BCUT2D eigenvalue weighted by atomic mass is 10.2. The quantitative estimate of drug-likeness (QED) is 0.863. The number of aliphatic carboxylic acids is 1. The molecule has 0 aliphatic carbocycles. The number of amides is 2. The predicted octanol–water partition coefficient (Wildman–Crippen LogP) is 0.876. The molecule has 114 valence electrons. The Labute approximate surface area is 123 Å². The molecule has 7 heteroatoms. The van der Waals surface area contributed by atoms with Crippen molar-refractivity contribution in [3.63, 3.8) is 0 Å². The largest absolute Gasteiger partial charge is 0.481 e. The van der Waals surface area contributed by atoms with E-state index in [4.69, 9.17) is 5.11 Å². The van der Waals surface area contributed by atoms with E-state index in [0.29, 0.717) is 17.9 Å². The number of carbonyl (C=O) groups is 2. The molecule has 7 nitrogen and oxygen atoms in total. The van der Waals surface area contributed by atoms with Gasteiger partial charge in [-0.15, -0.1) is 0 Å². The van der Waals surface area contributed by atoms with Gasteiger partial charge in [-0.1, -0.05) is 0 Å². The maximum absolute atomic E-state index is 12.2. The van der Waals surface area contributed by atoms with Crippen molar-refractivity contribution in [2.75, 3.05) is 32.0 Å². The Kier molecular flexibility index (Phi) is 4.74. The van der Waals surface area contributed by atoms with Crippen LogP contribution in [-0.4, -0.2) is 64.6 Å². The predicted molar refractivity (Wildman–Crippen MR) is 78.3 cm³/mol. The van der Waals surface area contributed by atoms with Crippen molar-refractivity contribution in [1.29, 1.82) is 0 Å². The number of nitrogens with zero attached hydrogens (tertiary/aromatic N) is 3. The molecule has 2 rings (SSSR count). The second-order valence-electron chi connectivity index (χ2n) is 5.34. The Balaban J connectivity index is 1.94. The maximum atomic E-state index is 12.2. The molecule has 2 N–H and O–H groups in total. The van der Waals surface area contributed by atoms with E-state index in [-0.39, 0.29) is 18.5 Å². The van der Waals surface area contributed by atoms with Crippen molar-refractivity contribution in [3.05, 3.63) is 24.0 Å². The van der Waals surface area contributed by atoms with Gasteiger partial charge in [0, 0.05) is 25.7 Å². The van der Waals surface area contributed by atoms with E-state index in [0.717, 1.165) is 13.1 Å². The summed E-state index contributed by atoms with van der Waals surface area (Å²) < 4.78 is 0. The van der Waals surface area contributed by atoms with Crippen molar-refractivity contribution in [3.8, 4) is 0 Å². The molecular formula is C14H20N4O3. The maximum Gasteiger partial charge on any atom is 0.322 e. The molecule has 0 radical (unpaired) electrons. The number of hydrogen-bond donors (Lipinski definition) is 2. The van der Waals surface area contributed by atoms with Gasteiger partial charge in [-0.2, -0.15) is 0 Å². The molecule has 0 spiro atoms. The number of likely N-dealkylation sites (N-methyl/N-ethyl adjacent to an activating group) is 1. The topological polar surface area (TPSA) is 85.8 Å². The minimum Gasteiger partial charge on any atom is -0.481 e. The average molecular weight is 292 g/mol. The molecule has 21 heavy (non-hydrogen) atoms. The smallest absolute Gasteiger partial charge is 0.322 e. The SMILES string of the molecule is CC1CN(C)CCN1C(=O)Nc1ccc(CC(=O)O)nc1. The zero-order valence-electron chi connectivity index (χ0n) is 12.2. The zero-order chi connectivity index (χ0) is 15.4. The monoisotopic (exact) mass is 292 g/mol. The number of carboxylic acid groups (broad SMARTS) is 1. The van der Waals surface area contributed by atoms with Crippen LogP contribution in [0.25, 0.3) is 0 Å². The van der Waals surface area contributed by atoms with Crippen LogP contribution in [0.1, 0.15) is 12.6 Å². The molecule has 1 aromatic rings. The lowest BCUT2D eigenvalue weighted by molar-refractivity contribution is -0.136. The van der Waals surface area contributed by atoms with Crippen molar-refractivity contribution in [2.24, 2.45) is 0 Å². The Morgan fingerprint density at radius 1 is 1.43 bits per heavy atom. The summed E-state index contributed by atoms with van der Waals surface area (Å²) in [4.78, 5) is 30.8. The number of pyridine rings is 1. The Morgan fingerprint density at radius 2 is 2.19 bits per heavy atom. The van der Waals surface area contributed by atoms with Crippen molar-refractivity contribution in [2.45, 2.75) is 19.4 Å². The van der Waals surface area contributed by atoms with Gasteiger partial charge in [-0.05, 0) is 26.1 Å². The standard InChI is InChI=1S/C14H20N4O3/c1-10-9-17(2)5-6-18(10)14(21)16-12-4-3-11(15-8-12)7-13(19)20/h3-4,8,10H,5-7,9H2,1-2H3,(H,16,21)(H,19,20). The number of nitrogens with one attached hydrogen (secondary N) is 1. The Bertz CT molecular complexity index is 517. The van der Waals surface area contributed by atoms with Crippen molar-refractivity contribution < 1.29 is 14.7 Å². The summed E-state index contributed by atoms with van der Waals surface area (Å²) in [5.41, 5.74) is 1.04. The molecule has 0 saturated carbocycles. The normalized spacial score (nSPS) is 19.3. The number of aromatic nitrogens is 1. The van der Waals surface area contributed by atoms with E-state index in [1.54, 1.807) is 17.0 Å². The van der Waals surface area contributed by atoms with Crippen LogP contribution in [0.15, 0.2) is 18.3 Å². The Morgan fingerprint density at radius 3 is 2.76 bits per heavy atom. The first kappa shape index (κ1) is 15.2. The zero-order valence-corrected chi connectivity index (χ0v) is 12.2. The summed E-state index contributed by atoms with van der Waals surface area (Å²) in [6.07, 6.45) is 1.36. The third-order valence-corrected chi connectivity index (χ3v) is 3.50. The van der Waals surface area contributed by atoms with Crippen LogP contribution in [0.2, 0.25) is 0 Å². The summed E-state index contributed by atoms with van der Waals surface area (Å²) in [7, 11) is 2.04. The van der Waals surface area contributed by atoms with Crippen molar-refractivity contribution >= 4 is 17.7 Å². The minimum absolute atomic E-state index is 0.121. The molecule has 0 bridgehead atoms. The van der Waals surface area contributed by atoms with Crippen LogP contribution in [-0.2, 0) is 11.2 Å². The van der Waals surface area contributed by atoms with Gasteiger partial charge in [0.25, 0.3) is 0 Å². The summed E-state index contributed by atoms with van der Waals surface area (Å²) in [6, 6.07) is 3.28. The van der Waals surface area contributed by atoms with E-state index in [1.807, 2.05) is 14.0 Å². The van der Waals surface area contributed by atoms with E-state index >= 15 is 0 Å². The molecule has 1 aliphatic heterocycles. The second-order valence-corrected chi connectivity index (χ2v) is 5.34. The van der Waals surface area contributed by atoms with Crippen LogP contribution in [0.3, 0.4) is 0 Å². The first-order valence-electron chi connectivity index (χ1n) is 6.88. The lowest BCUT2D eigenvalue weighted by Gasteiger charge is -2.38. The number of anilines is 1. The molecule has 1 unspecified atom stereocenters. The average Bonchev–Trinajstić information content (AvgIpc) is 2.40. The fourth-order valence-electron chi connectivity index (χ4n) is 2.39. The third-order valence-electron chi connectivity index (χ3n) is 3.50. The fraction of sp³-hybridized carbons (Fsp3) is 0.500. The molecule has 1 aromatic heterocycles. The number of piperazine rings is 1. The van der Waals surface area contributed by atoms with Gasteiger partial charge in [0.1, 0.15) is 0 Å². The first-order valence-corrected chi connectivity index (χ1v) is 6.88. The third kappa shape index (κ3) is 4.16. The molecular weight excluding hydrogens is 272 g/mol. The highest BCUT2D eigenvalue weighted by Crippen LogP contribution is 2.12. The summed E-state index contributed by atoms with van der Waals surface area (Å²) in [5.74, 6) is -0.925. The molecule has 1 fully saturated rings. The van der Waals surface area contributed by atoms with Crippen LogP contribution in [0, 0.1) is 0 Å². The minimum atomic E-state index is -0.925. The Hall–Kier alpha value is -2.15. The summed E-state index contributed by atoms with van der Waals surface area (Å²) in [6.45, 7) is 4.41. The fourth-order valence-corrected chi connectivity index (χ4v) is 2.39. The van der Waals surface area contributed by atoms with E-state index in [1.165, 1.54) is 6.20 Å². The van der Waals surface area contributed by atoms with Crippen molar-refractivity contribution in [1.82, 2.24) is 14.8 Å². The lowest BCUT2D eigenvalue weighted by Crippen LogP contribution is -2.53. The molecule has 2 amide bonds. The van der Waals surface area contributed by atoms with Gasteiger partial charge >= 0.3 is 12.0 Å². The van der Waals surface area contributed by atoms with Gasteiger partial charge in [0.15, 0.2) is 0 Å². The number of rotatable bonds is 3. The van der Waals surface area contributed by atoms with Gasteiger partial charge in [-0.25, -0.2) is 4.79 Å². The highest BCUT2D eigenvalue weighted by Gasteiger charge is 2.25. The summed E-state index contributed by atoms with van der Waals surface area (Å²) >= 11 is 0. The molecule has 2 heterocycles. The van der Waals surface area contributed by atoms with E-state index in [9.17, 15) is 9.59 Å². The van der Waals surface area contributed by atoms with Crippen LogP contribution in [0.4, 0.5) is 10.5 Å². The van der Waals surface area contributed by atoms with Crippen LogP contribution >= 0.6 is 0 Å². The van der Waals surface area contributed by atoms with Gasteiger partial charge in [-0.3, -0.25) is 9.78 Å². The number of carboxylic acids is 1. The summed E-state index contributed by atoms with van der Waals surface area (Å²) in [5, 5.41) is 11.5. The molecule has 0 aromatic carbocycles. The highest BCUT2D eigenvalue weighted by molar-refractivity contribution is 5.89. The van der Waals surface area contributed by atoms with Crippen LogP contribution in [0.5, 0.6) is 0 Å². The number of hydrogen-bond acceptors (Lipinski definition) is 4. The first-order chi connectivity index (χ1) is 9.95. The van der Waals surface area contributed by atoms with E-state index in [2.05, 4.69) is 15.2 Å². The molecule has 1 aliphatic rings.